The third kappa shape index (κ3) is 2.37. The van der Waals surface area contributed by atoms with Crippen molar-refractivity contribution in [2.75, 3.05) is 11.9 Å². The number of pyridine rings is 1. The molecule has 0 fully saturated rings. The molecule has 0 saturated heterocycles. The molecular weight excluding hydrogens is 310 g/mol. The Hall–Kier alpha value is -2.40. The first-order chi connectivity index (χ1) is 11.1. The van der Waals surface area contributed by atoms with Gasteiger partial charge in [-0.05, 0) is 37.3 Å². The van der Waals surface area contributed by atoms with Crippen molar-refractivity contribution in [3.63, 3.8) is 0 Å². The fourth-order valence-electron chi connectivity index (χ4n) is 2.89. The normalized spacial score (nSPS) is 16.2. The number of aryl methyl sites for hydroxylation is 1. The molecule has 116 valence electrons. The first-order valence-electron chi connectivity index (χ1n) is 7.56. The number of anilines is 1. The summed E-state index contributed by atoms with van der Waals surface area (Å²) in [5, 5.41) is 13.0. The number of hydrogen-bond donors (Lipinski definition) is 1. The van der Waals surface area contributed by atoms with Gasteiger partial charge in [-0.15, -0.1) is 10.2 Å². The summed E-state index contributed by atoms with van der Waals surface area (Å²) in [6, 6.07) is 11.7. The second-order valence-corrected chi connectivity index (χ2v) is 6.26. The average Bonchev–Trinajstić information content (AvgIpc) is 2.92. The number of fused-ring (bicyclic) bond motifs is 3. The molecule has 4 rings (SSSR count). The molecule has 2 aromatic heterocycles. The van der Waals surface area contributed by atoms with Gasteiger partial charge in [-0.2, -0.15) is 0 Å². The van der Waals surface area contributed by atoms with Crippen molar-refractivity contribution in [3.8, 4) is 17.2 Å². The van der Waals surface area contributed by atoms with E-state index < -0.39 is 0 Å². The van der Waals surface area contributed by atoms with E-state index in [9.17, 15) is 0 Å². The molecule has 5 nitrogen and oxygen atoms in total. The van der Waals surface area contributed by atoms with Crippen molar-refractivity contribution >= 4 is 17.3 Å². The molecule has 0 spiro atoms. The fourth-order valence-corrected chi connectivity index (χ4v) is 3.06. The zero-order chi connectivity index (χ0) is 16.0. The maximum Gasteiger partial charge on any atom is 0.187 e. The lowest BCUT2D eigenvalue weighted by molar-refractivity contribution is 0.725. The van der Waals surface area contributed by atoms with Crippen LogP contribution in [0.4, 0.5) is 5.69 Å². The molecular formula is C17H16ClN5. The smallest absolute Gasteiger partial charge is 0.187 e. The fraction of sp³-hybridized carbons (Fsp3) is 0.235. The molecule has 1 aliphatic rings. The van der Waals surface area contributed by atoms with Crippen LogP contribution in [-0.2, 0) is 0 Å². The molecule has 6 heteroatoms. The van der Waals surface area contributed by atoms with Gasteiger partial charge in [0.25, 0.3) is 0 Å². The van der Waals surface area contributed by atoms with Crippen LogP contribution < -0.4 is 5.32 Å². The Morgan fingerprint density at radius 2 is 2.09 bits per heavy atom. The molecule has 0 aliphatic carbocycles. The van der Waals surface area contributed by atoms with Crippen LogP contribution in [0.2, 0.25) is 5.02 Å². The second kappa shape index (κ2) is 5.35. The van der Waals surface area contributed by atoms with Crippen molar-refractivity contribution in [3.05, 3.63) is 52.9 Å². The zero-order valence-corrected chi connectivity index (χ0v) is 13.7. The van der Waals surface area contributed by atoms with Crippen molar-refractivity contribution in [2.24, 2.45) is 0 Å². The molecule has 0 saturated carbocycles. The van der Waals surface area contributed by atoms with Crippen molar-refractivity contribution < 1.29 is 0 Å². The highest BCUT2D eigenvalue weighted by molar-refractivity contribution is 6.31. The molecule has 1 N–H and O–H groups in total. The number of halogens is 1. The van der Waals surface area contributed by atoms with Crippen LogP contribution in [-0.4, -0.2) is 26.3 Å². The number of hydrogen-bond acceptors (Lipinski definition) is 4. The molecule has 23 heavy (non-hydrogen) atoms. The summed E-state index contributed by atoms with van der Waals surface area (Å²) in [6.45, 7) is 4.89. The minimum atomic E-state index is 0.229. The first-order valence-corrected chi connectivity index (χ1v) is 7.94. The van der Waals surface area contributed by atoms with Gasteiger partial charge < -0.3 is 5.32 Å². The molecule has 3 heterocycles. The van der Waals surface area contributed by atoms with Gasteiger partial charge in [0.05, 0.1) is 11.4 Å². The third-order valence-corrected chi connectivity index (χ3v) is 4.28. The van der Waals surface area contributed by atoms with Crippen molar-refractivity contribution in [2.45, 2.75) is 19.8 Å². The Balaban J connectivity index is 1.99. The van der Waals surface area contributed by atoms with Crippen LogP contribution in [0.3, 0.4) is 0 Å². The lowest BCUT2D eigenvalue weighted by atomic mass is 10.1. The van der Waals surface area contributed by atoms with E-state index in [-0.39, 0.29) is 5.92 Å². The minimum absolute atomic E-state index is 0.229. The van der Waals surface area contributed by atoms with Gasteiger partial charge in [-0.3, -0.25) is 4.57 Å². The molecule has 0 unspecified atom stereocenters. The molecule has 0 amide bonds. The van der Waals surface area contributed by atoms with Crippen LogP contribution in [0.25, 0.3) is 17.2 Å². The Bertz CT molecular complexity index is 886. The zero-order valence-electron chi connectivity index (χ0n) is 12.9. The summed E-state index contributed by atoms with van der Waals surface area (Å²) in [7, 11) is 0. The Morgan fingerprint density at radius 1 is 1.22 bits per heavy atom. The van der Waals surface area contributed by atoms with E-state index in [2.05, 4.69) is 32.0 Å². The highest BCUT2D eigenvalue weighted by Crippen LogP contribution is 2.34. The Morgan fingerprint density at radius 3 is 2.91 bits per heavy atom. The summed E-state index contributed by atoms with van der Waals surface area (Å²) in [4.78, 5) is 4.60. The molecule has 0 radical (unpaired) electrons. The summed E-state index contributed by atoms with van der Waals surface area (Å²) in [6.07, 6.45) is 0. The van der Waals surface area contributed by atoms with Crippen LogP contribution in [0, 0.1) is 6.92 Å². The molecule has 1 atom stereocenters. The van der Waals surface area contributed by atoms with E-state index in [1.807, 2.05) is 43.3 Å². The standard InChI is InChI=1S/C17H16ClN5/c1-10-9-19-14-8-12(18)6-7-15(14)23-16(10)21-22-17(23)13-5-3-4-11(2)20-13/h3-8,10,19H,9H2,1-2H3/t10-/m0/s1. The lowest BCUT2D eigenvalue weighted by Gasteiger charge is -2.12. The van der Waals surface area contributed by atoms with Gasteiger partial charge in [-0.1, -0.05) is 24.6 Å². The number of nitrogens with zero attached hydrogens (tertiary/aromatic N) is 4. The van der Waals surface area contributed by atoms with Crippen LogP contribution in [0.5, 0.6) is 0 Å². The van der Waals surface area contributed by atoms with Gasteiger partial charge in [-0.25, -0.2) is 4.98 Å². The summed E-state index contributed by atoms with van der Waals surface area (Å²) in [5.74, 6) is 1.91. The van der Waals surface area contributed by atoms with Crippen molar-refractivity contribution in [1.29, 1.82) is 0 Å². The van der Waals surface area contributed by atoms with Gasteiger partial charge in [0, 0.05) is 23.2 Å². The predicted molar refractivity (Wildman–Crippen MR) is 91.2 cm³/mol. The lowest BCUT2D eigenvalue weighted by Crippen LogP contribution is -2.09. The van der Waals surface area contributed by atoms with Gasteiger partial charge in [0.2, 0.25) is 0 Å². The monoisotopic (exact) mass is 325 g/mol. The Labute approximate surface area is 139 Å². The SMILES string of the molecule is Cc1cccc(-c2nnc3n2-c2ccc(Cl)cc2NC[C@@H]3C)n1. The van der Waals surface area contributed by atoms with Crippen LogP contribution in [0.15, 0.2) is 36.4 Å². The topological polar surface area (TPSA) is 55.6 Å². The molecule has 1 aliphatic heterocycles. The summed E-state index contributed by atoms with van der Waals surface area (Å²) < 4.78 is 2.08. The summed E-state index contributed by atoms with van der Waals surface area (Å²) >= 11 is 6.15. The average molecular weight is 326 g/mol. The number of rotatable bonds is 1. The van der Waals surface area contributed by atoms with E-state index in [1.54, 1.807) is 0 Å². The molecule has 3 aromatic rings. The van der Waals surface area contributed by atoms with E-state index in [0.29, 0.717) is 5.02 Å². The minimum Gasteiger partial charge on any atom is -0.383 e. The van der Waals surface area contributed by atoms with Crippen LogP contribution in [0.1, 0.15) is 24.4 Å². The van der Waals surface area contributed by atoms with Crippen molar-refractivity contribution in [1.82, 2.24) is 19.7 Å². The van der Waals surface area contributed by atoms with Gasteiger partial charge in [0.1, 0.15) is 11.5 Å². The van der Waals surface area contributed by atoms with Gasteiger partial charge in [0.15, 0.2) is 5.82 Å². The second-order valence-electron chi connectivity index (χ2n) is 5.82. The number of aromatic nitrogens is 4. The predicted octanol–water partition coefficient (Wildman–Crippen LogP) is 3.82. The molecule has 0 bridgehead atoms. The largest absolute Gasteiger partial charge is 0.383 e. The Kier molecular flexibility index (Phi) is 3.31. The number of benzene rings is 1. The third-order valence-electron chi connectivity index (χ3n) is 4.04. The van der Waals surface area contributed by atoms with Gasteiger partial charge >= 0.3 is 0 Å². The maximum atomic E-state index is 6.15. The van der Waals surface area contributed by atoms with E-state index in [1.165, 1.54) is 0 Å². The quantitative estimate of drug-likeness (QED) is 0.739. The van der Waals surface area contributed by atoms with E-state index in [0.717, 1.165) is 41.0 Å². The maximum absolute atomic E-state index is 6.15. The molecule has 1 aromatic carbocycles. The summed E-state index contributed by atoms with van der Waals surface area (Å²) in [5.41, 5.74) is 3.75. The highest BCUT2D eigenvalue weighted by Gasteiger charge is 2.25. The van der Waals surface area contributed by atoms with E-state index >= 15 is 0 Å². The highest BCUT2D eigenvalue weighted by atomic mass is 35.5. The number of nitrogens with one attached hydrogen (secondary N) is 1. The first kappa shape index (κ1) is 14.2. The van der Waals surface area contributed by atoms with E-state index in [4.69, 9.17) is 11.6 Å². The van der Waals surface area contributed by atoms with Crippen LogP contribution >= 0.6 is 11.6 Å².